The van der Waals surface area contributed by atoms with E-state index in [4.69, 9.17) is 34.4 Å². The molecule has 0 bridgehead atoms. The molecule has 374 valence electrons. The summed E-state index contributed by atoms with van der Waals surface area (Å²) >= 11 is 0. The Bertz CT molecular complexity index is 2050. The van der Waals surface area contributed by atoms with E-state index in [1.54, 1.807) is 24.3 Å². The second-order valence-electron chi connectivity index (χ2n) is 18.0. The van der Waals surface area contributed by atoms with Gasteiger partial charge in [0.1, 0.15) is 29.7 Å². The molecular formula is C46H72N14O8. The van der Waals surface area contributed by atoms with Crippen molar-refractivity contribution in [3.63, 3.8) is 0 Å². The molecule has 1 aliphatic heterocycles. The number of piperidine rings is 1. The molecule has 1 aliphatic rings. The quantitative estimate of drug-likeness (QED) is 0.0360. The summed E-state index contributed by atoms with van der Waals surface area (Å²) < 4.78 is 0. The van der Waals surface area contributed by atoms with Gasteiger partial charge in [-0.15, -0.1) is 0 Å². The molecule has 68 heavy (non-hydrogen) atoms. The van der Waals surface area contributed by atoms with Crippen molar-refractivity contribution in [2.24, 2.45) is 56.2 Å². The van der Waals surface area contributed by atoms with Gasteiger partial charge in [0.25, 0.3) is 0 Å². The number of aliphatic imine (C=N–C) groups is 2. The van der Waals surface area contributed by atoms with Crippen LogP contribution in [0.15, 0.2) is 70.6 Å². The number of carbonyl (C=O) groups excluding carboxylic acids is 6. The number of nitrogens with two attached hydrogens (primary N) is 6. The van der Waals surface area contributed by atoms with Gasteiger partial charge in [0, 0.05) is 32.6 Å². The summed E-state index contributed by atoms with van der Waals surface area (Å²) in [6.07, 6.45) is 0.134. The lowest BCUT2D eigenvalue weighted by Crippen LogP contribution is -2.65. The lowest BCUT2D eigenvalue weighted by Gasteiger charge is -2.41. The van der Waals surface area contributed by atoms with Crippen LogP contribution in [0.1, 0.15) is 77.3 Å². The molecule has 2 aromatic carbocycles. The van der Waals surface area contributed by atoms with E-state index in [1.807, 2.05) is 64.1 Å². The highest BCUT2D eigenvalue weighted by Gasteiger charge is 2.46. The zero-order valence-corrected chi connectivity index (χ0v) is 39.5. The van der Waals surface area contributed by atoms with Crippen LogP contribution < -0.4 is 61.0 Å². The van der Waals surface area contributed by atoms with Gasteiger partial charge >= 0.3 is 5.97 Å². The van der Waals surface area contributed by atoms with E-state index in [0.29, 0.717) is 6.42 Å². The second-order valence-corrected chi connectivity index (χ2v) is 18.0. The van der Waals surface area contributed by atoms with E-state index in [-0.39, 0.29) is 94.9 Å². The molecule has 0 radical (unpaired) electrons. The minimum Gasteiger partial charge on any atom is -0.480 e. The van der Waals surface area contributed by atoms with Gasteiger partial charge in [-0.2, -0.15) is 0 Å². The third-order valence-electron chi connectivity index (χ3n) is 11.3. The molecule has 1 saturated heterocycles. The minimum absolute atomic E-state index is 0.0636. The van der Waals surface area contributed by atoms with Gasteiger partial charge in [-0.05, 0) is 67.9 Å². The van der Waals surface area contributed by atoms with Gasteiger partial charge in [-0.25, -0.2) is 4.79 Å². The Kier molecular flexibility index (Phi) is 22.1. The van der Waals surface area contributed by atoms with E-state index in [9.17, 15) is 38.7 Å². The van der Waals surface area contributed by atoms with Crippen molar-refractivity contribution in [1.82, 2.24) is 31.5 Å². The number of hydrogen-bond acceptors (Lipinski definition) is 11. The van der Waals surface area contributed by atoms with Gasteiger partial charge < -0.3 is 71.0 Å². The molecule has 0 spiro atoms. The van der Waals surface area contributed by atoms with Crippen molar-refractivity contribution in [3.05, 3.63) is 71.8 Å². The van der Waals surface area contributed by atoms with Crippen LogP contribution >= 0.6 is 0 Å². The molecule has 2 aromatic rings. The molecular weight excluding hydrogens is 877 g/mol. The number of benzene rings is 2. The molecule has 1 heterocycles. The van der Waals surface area contributed by atoms with Crippen molar-refractivity contribution in [2.45, 2.75) is 121 Å². The standard InChI is InChI=1S/C46H72N14O8/c1-27(2)23-31(47)37(61)55-33(15-19-53-44(49)50)41(65)59-46(43(67)68)17-21-60(22-18-46)42(66)34(16-20-54-45(51)52)56-39(63)35(24-28(3)4)58-40(64)36(26-30-13-9-6-10-14-30)57-38(62)32(48)25-29-11-7-5-8-12-29/h5-14,27-28,31-36H,15-26,47-48H2,1-4H3,(H,55,61)(H,56,63)(H,57,62)(H,58,64)(H,59,65)(H,67,68)(H4,49,50,53)(H4,51,52,54)/t31-,32-,33-,34-,35-,36-/m1/s1. The zero-order valence-electron chi connectivity index (χ0n) is 39.5. The number of aliphatic carboxylic acids is 1. The molecule has 0 aliphatic carbocycles. The normalized spacial score (nSPS) is 15.9. The maximum Gasteiger partial charge on any atom is 0.329 e. The fourth-order valence-electron chi connectivity index (χ4n) is 7.66. The van der Waals surface area contributed by atoms with Crippen LogP contribution in [0.3, 0.4) is 0 Å². The summed E-state index contributed by atoms with van der Waals surface area (Å²) in [5.74, 6) is -5.85. The average molecular weight is 949 g/mol. The summed E-state index contributed by atoms with van der Waals surface area (Å²) in [7, 11) is 0. The zero-order chi connectivity index (χ0) is 50.6. The third kappa shape index (κ3) is 18.5. The number of nitrogens with one attached hydrogen (secondary N) is 5. The maximum atomic E-state index is 14.3. The van der Waals surface area contributed by atoms with E-state index < -0.39 is 83.2 Å². The van der Waals surface area contributed by atoms with Crippen molar-refractivity contribution in [2.75, 3.05) is 26.2 Å². The molecule has 0 saturated carbocycles. The first-order valence-electron chi connectivity index (χ1n) is 22.9. The fourth-order valence-corrected chi connectivity index (χ4v) is 7.66. The molecule has 3 rings (SSSR count). The van der Waals surface area contributed by atoms with E-state index in [1.165, 1.54) is 4.90 Å². The van der Waals surface area contributed by atoms with Gasteiger partial charge in [0.2, 0.25) is 35.4 Å². The summed E-state index contributed by atoms with van der Waals surface area (Å²) in [4.78, 5) is 105. The van der Waals surface area contributed by atoms with Crippen LogP contribution in [0.25, 0.3) is 0 Å². The molecule has 1 fully saturated rings. The van der Waals surface area contributed by atoms with Gasteiger partial charge in [0.05, 0.1) is 12.1 Å². The Morgan fingerprint density at radius 3 is 1.53 bits per heavy atom. The van der Waals surface area contributed by atoms with Crippen molar-refractivity contribution < 1.29 is 38.7 Å². The first-order valence-corrected chi connectivity index (χ1v) is 22.9. The molecule has 0 unspecified atom stereocenters. The van der Waals surface area contributed by atoms with Crippen molar-refractivity contribution >= 4 is 53.3 Å². The molecule has 18 N–H and O–H groups in total. The molecule has 6 amide bonds. The number of carbonyl (C=O) groups is 7. The van der Waals surface area contributed by atoms with E-state index in [0.717, 1.165) is 11.1 Å². The molecule has 0 aromatic heterocycles. The average Bonchev–Trinajstić information content (AvgIpc) is 3.27. The Hall–Kier alpha value is -6.81. The Morgan fingerprint density at radius 1 is 0.588 bits per heavy atom. The first kappa shape index (κ1) is 55.5. The summed E-state index contributed by atoms with van der Waals surface area (Å²) in [6.45, 7) is 7.00. The highest BCUT2D eigenvalue weighted by atomic mass is 16.4. The van der Waals surface area contributed by atoms with Gasteiger partial charge in [-0.1, -0.05) is 88.4 Å². The van der Waals surface area contributed by atoms with Crippen LogP contribution in [0.5, 0.6) is 0 Å². The molecule has 22 heteroatoms. The number of carboxylic acids is 1. The number of carboxylic acid groups (broad SMARTS) is 1. The Labute approximate surface area is 397 Å². The van der Waals surface area contributed by atoms with Crippen molar-refractivity contribution in [3.8, 4) is 0 Å². The largest absolute Gasteiger partial charge is 0.480 e. The van der Waals surface area contributed by atoms with Gasteiger partial charge in [-0.3, -0.25) is 38.8 Å². The topological polar surface area (TPSA) is 384 Å². The highest BCUT2D eigenvalue weighted by molar-refractivity contribution is 5.96. The number of likely N-dealkylation sites (tertiary alicyclic amines) is 1. The van der Waals surface area contributed by atoms with E-state index >= 15 is 0 Å². The SMILES string of the molecule is CC(C)C[C@@H](N)C(=O)N[C@H](CCN=C(N)N)C(=O)NC1(C(=O)O)CCN(C(=O)[C@@H](CCN=C(N)N)NC(=O)[C@@H](CC(C)C)NC(=O)[C@@H](Cc2ccccc2)NC(=O)[C@H](N)Cc2ccccc2)CC1. The maximum absolute atomic E-state index is 14.3. The third-order valence-corrected chi connectivity index (χ3v) is 11.3. The summed E-state index contributed by atoms with van der Waals surface area (Å²) in [5, 5.41) is 24.0. The molecule has 22 nitrogen and oxygen atoms in total. The monoisotopic (exact) mass is 949 g/mol. The lowest BCUT2D eigenvalue weighted by molar-refractivity contribution is -0.152. The Balaban J connectivity index is 1.82. The number of nitrogens with zero attached hydrogens (tertiary/aromatic N) is 3. The van der Waals surface area contributed by atoms with Crippen LogP contribution in [-0.2, 0) is 46.4 Å². The van der Waals surface area contributed by atoms with Crippen molar-refractivity contribution in [1.29, 1.82) is 0 Å². The number of rotatable bonds is 26. The second kappa shape index (κ2) is 27.1. The number of amides is 6. The lowest BCUT2D eigenvalue weighted by atomic mass is 9.86. The Morgan fingerprint density at radius 2 is 1.03 bits per heavy atom. The highest BCUT2D eigenvalue weighted by Crippen LogP contribution is 2.25. The smallest absolute Gasteiger partial charge is 0.329 e. The first-order chi connectivity index (χ1) is 32.1. The minimum atomic E-state index is -1.85. The van der Waals surface area contributed by atoms with Crippen LogP contribution in [0, 0.1) is 11.8 Å². The predicted octanol–water partition coefficient (Wildman–Crippen LogP) is -1.95. The van der Waals surface area contributed by atoms with Crippen LogP contribution in [0.4, 0.5) is 0 Å². The van der Waals surface area contributed by atoms with Crippen LogP contribution in [0.2, 0.25) is 0 Å². The number of guanidine groups is 2. The predicted molar refractivity (Wildman–Crippen MR) is 258 cm³/mol. The van der Waals surface area contributed by atoms with Crippen LogP contribution in [-0.4, -0.2) is 131 Å². The summed E-state index contributed by atoms with van der Waals surface area (Å²) in [6, 6.07) is 11.5. The van der Waals surface area contributed by atoms with E-state index in [2.05, 4.69) is 36.6 Å². The number of hydrogen-bond donors (Lipinski definition) is 12. The fraction of sp³-hybridized carbons (Fsp3) is 0.543. The molecule has 6 atom stereocenters. The van der Waals surface area contributed by atoms with Gasteiger partial charge in [0.15, 0.2) is 11.9 Å². The summed E-state index contributed by atoms with van der Waals surface area (Å²) in [5.41, 5.74) is 34.1.